The number of methoxy groups -OCH3 is 2. The van der Waals surface area contributed by atoms with Gasteiger partial charge in [-0.25, -0.2) is 0 Å². The van der Waals surface area contributed by atoms with E-state index in [0.717, 1.165) is 19.4 Å². The molecule has 116 valence electrons. The predicted octanol–water partition coefficient (Wildman–Crippen LogP) is 2.55. The van der Waals surface area contributed by atoms with Gasteiger partial charge in [-0.2, -0.15) is 0 Å². The molecule has 1 aromatic carbocycles. The highest BCUT2D eigenvalue weighted by molar-refractivity contribution is 6.01. The van der Waals surface area contributed by atoms with Crippen LogP contribution < -0.4 is 15.2 Å². The fourth-order valence-electron chi connectivity index (χ4n) is 2.84. The number of hydrogen-bond acceptors (Lipinski definition) is 4. The minimum absolute atomic E-state index is 0.0521. The Balaban J connectivity index is 2.38. The molecular weight excluding hydrogens is 268 g/mol. The number of anilines is 1. The summed E-state index contributed by atoms with van der Waals surface area (Å²) < 4.78 is 10.5. The molecule has 0 saturated carbocycles. The second kappa shape index (κ2) is 6.24. The molecule has 1 amide bonds. The maximum atomic E-state index is 12.8. The first-order valence-corrected chi connectivity index (χ1v) is 7.32. The lowest BCUT2D eigenvalue weighted by Gasteiger charge is -2.38. The summed E-state index contributed by atoms with van der Waals surface area (Å²) in [5.74, 6) is 1.48. The topological polar surface area (TPSA) is 64.8 Å². The molecule has 5 heteroatoms. The molecule has 5 nitrogen and oxygen atoms in total. The van der Waals surface area contributed by atoms with E-state index in [1.54, 1.807) is 19.2 Å². The minimum Gasteiger partial charge on any atom is -0.497 e. The van der Waals surface area contributed by atoms with E-state index in [9.17, 15) is 4.79 Å². The Morgan fingerprint density at radius 3 is 2.62 bits per heavy atom. The van der Waals surface area contributed by atoms with Crippen LogP contribution in [0, 0.1) is 5.92 Å². The molecule has 1 aliphatic rings. The van der Waals surface area contributed by atoms with Gasteiger partial charge < -0.3 is 20.1 Å². The summed E-state index contributed by atoms with van der Waals surface area (Å²) in [6, 6.07) is 3.59. The SMILES string of the molecule is COc1cc(OC)c(N)c(C(=O)N2CCCC(C)C2C)c1. The molecule has 1 aromatic rings. The van der Waals surface area contributed by atoms with Gasteiger partial charge in [0, 0.05) is 18.7 Å². The smallest absolute Gasteiger partial charge is 0.256 e. The summed E-state index contributed by atoms with van der Waals surface area (Å²) in [5, 5.41) is 0. The Morgan fingerprint density at radius 1 is 1.29 bits per heavy atom. The third kappa shape index (κ3) is 2.91. The van der Waals surface area contributed by atoms with Gasteiger partial charge in [0.2, 0.25) is 0 Å². The predicted molar refractivity (Wildman–Crippen MR) is 82.9 cm³/mol. The van der Waals surface area contributed by atoms with Crippen molar-refractivity contribution in [2.75, 3.05) is 26.5 Å². The van der Waals surface area contributed by atoms with Crippen LogP contribution in [-0.4, -0.2) is 37.6 Å². The number of benzene rings is 1. The lowest BCUT2D eigenvalue weighted by molar-refractivity contribution is 0.0551. The Kier molecular flexibility index (Phi) is 4.60. The molecule has 0 radical (unpaired) electrons. The fourth-order valence-corrected chi connectivity index (χ4v) is 2.84. The van der Waals surface area contributed by atoms with E-state index >= 15 is 0 Å². The van der Waals surface area contributed by atoms with E-state index in [-0.39, 0.29) is 11.9 Å². The van der Waals surface area contributed by atoms with Crippen molar-refractivity contribution >= 4 is 11.6 Å². The summed E-state index contributed by atoms with van der Waals surface area (Å²) >= 11 is 0. The van der Waals surface area contributed by atoms with Gasteiger partial charge in [0.25, 0.3) is 5.91 Å². The standard InChI is InChI=1S/C16H24N2O3/c1-10-6-5-7-18(11(10)2)16(19)13-8-12(20-3)9-14(21-4)15(13)17/h8-11H,5-7,17H2,1-4H3. The Labute approximate surface area is 126 Å². The zero-order chi connectivity index (χ0) is 15.6. The molecule has 0 aliphatic carbocycles. The third-order valence-corrected chi connectivity index (χ3v) is 4.44. The number of nitrogen functional groups attached to an aromatic ring is 1. The lowest BCUT2D eigenvalue weighted by Crippen LogP contribution is -2.46. The second-order valence-corrected chi connectivity index (χ2v) is 5.65. The molecule has 0 spiro atoms. The zero-order valence-corrected chi connectivity index (χ0v) is 13.2. The Bertz CT molecular complexity index is 530. The largest absolute Gasteiger partial charge is 0.497 e. The average Bonchev–Trinajstić information content (AvgIpc) is 2.49. The van der Waals surface area contributed by atoms with Gasteiger partial charge in [-0.3, -0.25) is 4.79 Å². The maximum Gasteiger partial charge on any atom is 0.256 e. The van der Waals surface area contributed by atoms with Crippen LogP contribution in [0.25, 0.3) is 0 Å². The van der Waals surface area contributed by atoms with Gasteiger partial charge in [-0.05, 0) is 31.7 Å². The highest BCUT2D eigenvalue weighted by Crippen LogP contribution is 2.33. The summed E-state index contributed by atoms with van der Waals surface area (Å²) in [4.78, 5) is 14.7. The van der Waals surface area contributed by atoms with Crippen LogP contribution in [0.1, 0.15) is 37.0 Å². The summed E-state index contributed by atoms with van der Waals surface area (Å²) in [5.41, 5.74) is 6.90. The number of rotatable bonds is 3. The van der Waals surface area contributed by atoms with E-state index in [1.807, 2.05) is 4.90 Å². The summed E-state index contributed by atoms with van der Waals surface area (Å²) in [6.07, 6.45) is 2.18. The highest BCUT2D eigenvalue weighted by atomic mass is 16.5. The van der Waals surface area contributed by atoms with Crippen LogP contribution in [0.5, 0.6) is 11.5 Å². The average molecular weight is 292 g/mol. The quantitative estimate of drug-likeness (QED) is 0.870. The van der Waals surface area contributed by atoms with Crippen molar-refractivity contribution in [1.29, 1.82) is 0 Å². The van der Waals surface area contributed by atoms with Crippen LogP contribution in [0.4, 0.5) is 5.69 Å². The molecule has 2 atom stereocenters. The first-order valence-electron chi connectivity index (χ1n) is 7.32. The number of likely N-dealkylation sites (tertiary alicyclic amines) is 1. The van der Waals surface area contributed by atoms with Crippen molar-refractivity contribution in [1.82, 2.24) is 4.90 Å². The summed E-state index contributed by atoms with van der Waals surface area (Å²) in [7, 11) is 3.09. The highest BCUT2D eigenvalue weighted by Gasteiger charge is 2.30. The Morgan fingerprint density at radius 2 is 2.00 bits per heavy atom. The number of piperidine rings is 1. The Hall–Kier alpha value is -1.91. The van der Waals surface area contributed by atoms with E-state index in [4.69, 9.17) is 15.2 Å². The first kappa shape index (κ1) is 15.5. The first-order chi connectivity index (χ1) is 9.99. The van der Waals surface area contributed by atoms with E-state index in [0.29, 0.717) is 28.7 Å². The maximum absolute atomic E-state index is 12.8. The van der Waals surface area contributed by atoms with Crippen molar-refractivity contribution in [2.45, 2.75) is 32.7 Å². The molecule has 1 aliphatic heterocycles. The van der Waals surface area contributed by atoms with Crippen molar-refractivity contribution in [3.8, 4) is 11.5 Å². The van der Waals surface area contributed by atoms with E-state index in [1.165, 1.54) is 7.11 Å². The molecule has 2 rings (SSSR count). The number of hydrogen-bond donors (Lipinski definition) is 1. The molecule has 1 heterocycles. The van der Waals surface area contributed by atoms with Gasteiger partial charge in [-0.1, -0.05) is 6.92 Å². The van der Waals surface area contributed by atoms with Gasteiger partial charge in [0.1, 0.15) is 11.5 Å². The van der Waals surface area contributed by atoms with Crippen molar-refractivity contribution < 1.29 is 14.3 Å². The van der Waals surface area contributed by atoms with Crippen LogP contribution in [0.2, 0.25) is 0 Å². The molecular formula is C16H24N2O3. The number of ether oxygens (including phenoxy) is 2. The molecule has 1 saturated heterocycles. The minimum atomic E-state index is -0.0521. The van der Waals surface area contributed by atoms with Gasteiger partial charge in [0.05, 0.1) is 25.5 Å². The van der Waals surface area contributed by atoms with Crippen molar-refractivity contribution in [3.63, 3.8) is 0 Å². The number of amides is 1. The molecule has 21 heavy (non-hydrogen) atoms. The number of nitrogens with two attached hydrogens (primary N) is 1. The lowest BCUT2D eigenvalue weighted by atomic mass is 9.91. The molecule has 2 unspecified atom stereocenters. The van der Waals surface area contributed by atoms with E-state index in [2.05, 4.69) is 13.8 Å². The number of carbonyl (C=O) groups is 1. The molecule has 0 aromatic heterocycles. The van der Waals surface area contributed by atoms with Gasteiger partial charge >= 0.3 is 0 Å². The number of carbonyl (C=O) groups excluding carboxylic acids is 1. The van der Waals surface area contributed by atoms with Gasteiger partial charge in [0.15, 0.2) is 0 Å². The molecule has 0 bridgehead atoms. The van der Waals surface area contributed by atoms with Crippen molar-refractivity contribution in [2.24, 2.45) is 5.92 Å². The van der Waals surface area contributed by atoms with Gasteiger partial charge in [-0.15, -0.1) is 0 Å². The van der Waals surface area contributed by atoms with Crippen LogP contribution in [0.3, 0.4) is 0 Å². The monoisotopic (exact) mass is 292 g/mol. The number of nitrogens with zero attached hydrogens (tertiary/aromatic N) is 1. The van der Waals surface area contributed by atoms with Crippen LogP contribution >= 0.6 is 0 Å². The van der Waals surface area contributed by atoms with E-state index < -0.39 is 0 Å². The van der Waals surface area contributed by atoms with Crippen LogP contribution in [0.15, 0.2) is 12.1 Å². The molecule has 1 fully saturated rings. The second-order valence-electron chi connectivity index (χ2n) is 5.65. The fraction of sp³-hybridized carbons (Fsp3) is 0.562. The summed E-state index contributed by atoms with van der Waals surface area (Å²) in [6.45, 7) is 5.04. The third-order valence-electron chi connectivity index (χ3n) is 4.44. The van der Waals surface area contributed by atoms with Crippen molar-refractivity contribution in [3.05, 3.63) is 17.7 Å². The van der Waals surface area contributed by atoms with Crippen LogP contribution in [-0.2, 0) is 0 Å². The molecule has 2 N–H and O–H groups in total. The zero-order valence-electron chi connectivity index (χ0n) is 13.2. The normalized spacial score (nSPS) is 22.0.